The third kappa shape index (κ3) is 2.69. The average Bonchev–Trinajstić information content (AvgIpc) is 2.48. The SMILES string of the molecule is NC(C(=O)O[C@H]1CN2CCC1CC2)c1ccc(F)cc1. The summed E-state index contributed by atoms with van der Waals surface area (Å²) in [6.45, 7) is 3.01. The summed E-state index contributed by atoms with van der Waals surface area (Å²) in [7, 11) is 0. The van der Waals surface area contributed by atoms with E-state index in [0.29, 0.717) is 11.5 Å². The maximum Gasteiger partial charge on any atom is 0.327 e. The molecule has 1 aromatic carbocycles. The average molecular weight is 278 g/mol. The Bertz CT molecular complexity index is 483. The van der Waals surface area contributed by atoms with E-state index in [2.05, 4.69) is 4.90 Å². The second-order valence-corrected chi connectivity index (χ2v) is 5.64. The van der Waals surface area contributed by atoms with Crippen LogP contribution in [0.5, 0.6) is 0 Å². The molecule has 3 aliphatic heterocycles. The first kappa shape index (κ1) is 13.5. The van der Waals surface area contributed by atoms with Gasteiger partial charge in [0.25, 0.3) is 0 Å². The molecule has 3 fully saturated rings. The van der Waals surface area contributed by atoms with Gasteiger partial charge in [-0.05, 0) is 49.5 Å². The molecule has 1 unspecified atom stereocenters. The summed E-state index contributed by atoms with van der Waals surface area (Å²) in [5.74, 6) is -0.300. The van der Waals surface area contributed by atoms with Gasteiger partial charge in [0.15, 0.2) is 0 Å². The lowest BCUT2D eigenvalue weighted by Gasteiger charge is -2.44. The van der Waals surface area contributed by atoms with Crippen LogP contribution in [-0.4, -0.2) is 36.6 Å². The molecule has 0 spiro atoms. The van der Waals surface area contributed by atoms with Crippen molar-refractivity contribution in [3.05, 3.63) is 35.6 Å². The largest absolute Gasteiger partial charge is 0.459 e. The molecule has 0 aliphatic carbocycles. The van der Waals surface area contributed by atoms with Crippen molar-refractivity contribution in [2.45, 2.75) is 25.0 Å². The zero-order valence-electron chi connectivity index (χ0n) is 11.3. The van der Waals surface area contributed by atoms with Gasteiger partial charge in [-0.2, -0.15) is 0 Å². The van der Waals surface area contributed by atoms with Crippen LogP contribution in [-0.2, 0) is 9.53 Å². The number of carbonyl (C=O) groups excluding carboxylic acids is 1. The number of nitrogens with zero attached hydrogens (tertiary/aromatic N) is 1. The number of ether oxygens (including phenoxy) is 1. The zero-order chi connectivity index (χ0) is 14.1. The summed E-state index contributed by atoms with van der Waals surface area (Å²) in [6, 6.07) is 4.81. The molecule has 108 valence electrons. The molecule has 2 bridgehead atoms. The summed E-state index contributed by atoms with van der Waals surface area (Å²) >= 11 is 0. The van der Waals surface area contributed by atoms with Crippen LogP contribution in [0.15, 0.2) is 24.3 Å². The van der Waals surface area contributed by atoms with Crippen molar-refractivity contribution in [2.24, 2.45) is 11.7 Å². The Balaban J connectivity index is 1.62. The number of esters is 1. The number of hydrogen-bond acceptors (Lipinski definition) is 4. The van der Waals surface area contributed by atoms with Gasteiger partial charge >= 0.3 is 5.97 Å². The summed E-state index contributed by atoms with van der Waals surface area (Å²) in [5, 5.41) is 0. The van der Waals surface area contributed by atoms with Crippen LogP contribution in [0, 0.1) is 11.7 Å². The van der Waals surface area contributed by atoms with Crippen LogP contribution in [0.4, 0.5) is 4.39 Å². The molecule has 3 aliphatic rings. The molecule has 0 radical (unpaired) electrons. The third-order valence-corrected chi connectivity index (χ3v) is 4.35. The first-order valence-electron chi connectivity index (χ1n) is 7.07. The van der Waals surface area contributed by atoms with Gasteiger partial charge in [0.2, 0.25) is 0 Å². The molecular weight excluding hydrogens is 259 g/mol. The van der Waals surface area contributed by atoms with E-state index in [0.717, 1.165) is 32.5 Å². The normalized spacial score (nSPS) is 30.0. The van der Waals surface area contributed by atoms with Gasteiger partial charge in [0.05, 0.1) is 0 Å². The highest BCUT2D eigenvalue weighted by molar-refractivity contribution is 5.77. The topological polar surface area (TPSA) is 55.6 Å². The van der Waals surface area contributed by atoms with Crippen molar-refractivity contribution in [1.29, 1.82) is 0 Å². The maximum absolute atomic E-state index is 12.9. The molecule has 4 nitrogen and oxygen atoms in total. The molecule has 20 heavy (non-hydrogen) atoms. The van der Waals surface area contributed by atoms with E-state index < -0.39 is 12.0 Å². The fourth-order valence-electron chi connectivity index (χ4n) is 3.07. The lowest BCUT2D eigenvalue weighted by atomic mass is 9.86. The van der Waals surface area contributed by atoms with Crippen LogP contribution < -0.4 is 5.73 Å². The summed E-state index contributed by atoms with van der Waals surface area (Å²) in [6.07, 6.45) is 2.13. The van der Waals surface area contributed by atoms with E-state index in [-0.39, 0.29) is 11.9 Å². The Morgan fingerprint density at radius 1 is 1.30 bits per heavy atom. The van der Waals surface area contributed by atoms with Crippen LogP contribution in [0.1, 0.15) is 24.4 Å². The monoisotopic (exact) mass is 278 g/mol. The van der Waals surface area contributed by atoms with Crippen molar-refractivity contribution in [1.82, 2.24) is 4.90 Å². The Labute approximate surface area is 117 Å². The van der Waals surface area contributed by atoms with Gasteiger partial charge in [-0.15, -0.1) is 0 Å². The number of carbonyl (C=O) groups is 1. The third-order valence-electron chi connectivity index (χ3n) is 4.35. The molecule has 3 heterocycles. The van der Waals surface area contributed by atoms with Gasteiger partial charge in [0.1, 0.15) is 18.0 Å². The summed E-state index contributed by atoms with van der Waals surface area (Å²) in [4.78, 5) is 14.4. The second-order valence-electron chi connectivity index (χ2n) is 5.64. The van der Waals surface area contributed by atoms with Crippen molar-refractivity contribution < 1.29 is 13.9 Å². The number of fused-ring (bicyclic) bond motifs is 3. The fourth-order valence-corrected chi connectivity index (χ4v) is 3.07. The van der Waals surface area contributed by atoms with Crippen LogP contribution >= 0.6 is 0 Å². The molecule has 2 atom stereocenters. The predicted molar refractivity (Wildman–Crippen MR) is 72.4 cm³/mol. The Morgan fingerprint density at radius 2 is 1.95 bits per heavy atom. The quantitative estimate of drug-likeness (QED) is 0.851. The highest BCUT2D eigenvalue weighted by atomic mass is 19.1. The van der Waals surface area contributed by atoms with E-state index in [1.165, 1.54) is 24.3 Å². The highest BCUT2D eigenvalue weighted by Gasteiger charge is 2.37. The van der Waals surface area contributed by atoms with E-state index in [1.54, 1.807) is 0 Å². The predicted octanol–water partition coefficient (Wildman–Crippen LogP) is 1.46. The van der Waals surface area contributed by atoms with Crippen LogP contribution in [0.2, 0.25) is 0 Å². The van der Waals surface area contributed by atoms with E-state index in [4.69, 9.17) is 10.5 Å². The molecule has 1 aromatic rings. The minimum absolute atomic E-state index is 0.0449. The van der Waals surface area contributed by atoms with Crippen molar-refractivity contribution >= 4 is 5.97 Å². The van der Waals surface area contributed by atoms with Crippen molar-refractivity contribution in [3.8, 4) is 0 Å². The summed E-state index contributed by atoms with van der Waals surface area (Å²) in [5.41, 5.74) is 6.47. The van der Waals surface area contributed by atoms with Gasteiger partial charge in [-0.1, -0.05) is 12.1 Å². The van der Waals surface area contributed by atoms with Gasteiger partial charge in [-0.3, -0.25) is 4.90 Å². The van der Waals surface area contributed by atoms with Crippen LogP contribution in [0.25, 0.3) is 0 Å². The van der Waals surface area contributed by atoms with E-state index in [9.17, 15) is 9.18 Å². The van der Waals surface area contributed by atoms with Gasteiger partial charge in [-0.25, -0.2) is 9.18 Å². The summed E-state index contributed by atoms with van der Waals surface area (Å²) < 4.78 is 18.4. The lowest BCUT2D eigenvalue weighted by Crippen LogP contribution is -2.52. The first-order valence-corrected chi connectivity index (χ1v) is 7.07. The number of piperidine rings is 3. The lowest BCUT2D eigenvalue weighted by molar-refractivity contribution is -0.160. The molecule has 0 amide bonds. The maximum atomic E-state index is 12.9. The minimum Gasteiger partial charge on any atom is -0.459 e. The molecule has 3 saturated heterocycles. The van der Waals surface area contributed by atoms with E-state index in [1.807, 2.05) is 0 Å². The van der Waals surface area contributed by atoms with E-state index >= 15 is 0 Å². The molecule has 5 heteroatoms. The van der Waals surface area contributed by atoms with Crippen molar-refractivity contribution in [3.63, 3.8) is 0 Å². The Morgan fingerprint density at radius 3 is 2.50 bits per heavy atom. The Kier molecular flexibility index (Phi) is 3.72. The van der Waals surface area contributed by atoms with Gasteiger partial charge in [0, 0.05) is 6.54 Å². The molecule has 2 N–H and O–H groups in total. The van der Waals surface area contributed by atoms with Crippen LogP contribution in [0.3, 0.4) is 0 Å². The number of halogens is 1. The minimum atomic E-state index is -0.842. The number of benzene rings is 1. The molecular formula is C15H19FN2O2. The van der Waals surface area contributed by atoms with Crippen molar-refractivity contribution in [2.75, 3.05) is 19.6 Å². The van der Waals surface area contributed by atoms with Gasteiger partial charge < -0.3 is 10.5 Å². The smallest absolute Gasteiger partial charge is 0.327 e. The molecule has 4 rings (SSSR count). The standard InChI is InChI=1S/C15H19FN2O2/c16-12-3-1-11(2-4-12)14(17)15(19)20-13-9-18-7-5-10(13)6-8-18/h1-4,10,13-14H,5-9,17H2/t13-,14?/m0/s1. The highest BCUT2D eigenvalue weighted by Crippen LogP contribution is 2.30. The number of rotatable bonds is 3. The fraction of sp³-hybridized carbons (Fsp3) is 0.533. The number of nitrogens with two attached hydrogens (primary N) is 1. The molecule has 0 aromatic heterocycles. The first-order chi connectivity index (χ1) is 9.63. The second kappa shape index (κ2) is 5.50. The zero-order valence-corrected chi connectivity index (χ0v) is 11.3. The Hall–Kier alpha value is -1.46. The number of hydrogen-bond donors (Lipinski definition) is 1. The molecule has 0 saturated carbocycles.